The Morgan fingerprint density at radius 2 is 1.76 bits per heavy atom. The lowest BCUT2D eigenvalue weighted by atomic mass is 10.1. The molecular formula is C14H15Cl2N3O2. The van der Waals surface area contributed by atoms with Crippen LogP contribution in [0.3, 0.4) is 0 Å². The molecule has 2 aliphatic heterocycles. The highest BCUT2D eigenvalue weighted by atomic mass is 35.5. The third-order valence-corrected chi connectivity index (χ3v) is 4.71. The summed E-state index contributed by atoms with van der Waals surface area (Å²) >= 11 is 12.0. The van der Waals surface area contributed by atoms with Crippen molar-refractivity contribution in [2.45, 2.75) is 12.5 Å². The zero-order valence-corrected chi connectivity index (χ0v) is 12.8. The lowest BCUT2D eigenvalue weighted by molar-refractivity contribution is -0.126. The number of rotatable bonds is 2. The standard InChI is InChI=1S/C14H15Cl2N3O2/c15-10-2-1-9(7-11(10)16)18-3-5-19(6-4-18)12-8-13(20)17-14(12)21/h1-2,7,12H,3-6,8H2,(H,17,20,21)/t12-/m1/s1. The molecule has 2 saturated heterocycles. The summed E-state index contributed by atoms with van der Waals surface area (Å²) in [5, 5.41) is 3.44. The molecule has 2 aliphatic rings. The van der Waals surface area contributed by atoms with Gasteiger partial charge in [0, 0.05) is 31.9 Å². The number of imide groups is 1. The van der Waals surface area contributed by atoms with Crippen molar-refractivity contribution in [1.29, 1.82) is 0 Å². The second-order valence-electron chi connectivity index (χ2n) is 5.25. The van der Waals surface area contributed by atoms with Crippen molar-refractivity contribution in [3.63, 3.8) is 0 Å². The molecule has 0 aliphatic carbocycles. The van der Waals surface area contributed by atoms with Gasteiger partial charge in [-0.15, -0.1) is 0 Å². The SMILES string of the molecule is O=C1C[C@@H](N2CCN(c3ccc(Cl)c(Cl)c3)CC2)C(=O)N1. The van der Waals surface area contributed by atoms with Gasteiger partial charge < -0.3 is 4.90 Å². The molecule has 2 amide bonds. The molecule has 0 bridgehead atoms. The second kappa shape index (κ2) is 5.83. The van der Waals surface area contributed by atoms with Gasteiger partial charge in [-0.05, 0) is 18.2 Å². The lowest BCUT2D eigenvalue weighted by Crippen LogP contribution is -2.52. The first-order valence-corrected chi connectivity index (χ1v) is 7.58. The Balaban J connectivity index is 1.63. The van der Waals surface area contributed by atoms with Crippen molar-refractivity contribution in [3.05, 3.63) is 28.2 Å². The number of hydrogen-bond acceptors (Lipinski definition) is 4. The predicted octanol–water partition coefficient (Wildman–Crippen LogP) is 1.53. The van der Waals surface area contributed by atoms with Crippen molar-refractivity contribution in [2.75, 3.05) is 31.1 Å². The third-order valence-electron chi connectivity index (χ3n) is 3.97. The van der Waals surface area contributed by atoms with Gasteiger partial charge in [-0.3, -0.25) is 19.8 Å². The molecule has 1 aromatic rings. The Morgan fingerprint density at radius 1 is 1.05 bits per heavy atom. The van der Waals surface area contributed by atoms with Crippen LogP contribution in [0.5, 0.6) is 0 Å². The van der Waals surface area contributed by atoms with E-state index in [0.717, 1.165) is 31.9 Å². The molecule has 0 saturated carbocycles. The number of anilines is 1. The Morgan fingerprint density at radius 3 is 2.33 bits per heavy atom. The molecule has 2 fully saturated rings. The van der Waals surface area contributed by atoms with Crippen LogP contribution >= 0.6 is 23.2 Å². The van der Waals surface area contributed by atoms with E-state index in [0.29, 0.717) is 10.0 Å². The second-order valence-corrected chi connectivity index (χ2v) is 6.07. The Labute approximate surface area is 132 Å². The van der Waals surface area contributed by atoms with E-state index < -0.39 is 0 Å². The average Bonchev–Trinajstić information content (AvgIpc) is 2.81. The molecule has 3 rings (SSSR count). The van der Waals surface area contributed by atoms with Crippen LogP contribution in [0.25, 0.3) is 0 Å². The van der Waals surface area contributed by atoms with Gasteiger partial charge >= 0.3 is 0 Å². The van der Waals surface area contributed by atoms with E-state index in [-0.39, 0.29) is 24.3 Å². The van der Waals surface area contributed by atoms with Crippen molar-refractivity contribution in [2.24, 2.45) is 0 Å². The number of amides is 2. The number of carbonyl (C=O) groups excluding carboxylic acids is 2. The Bertz CT molecular complexity index is 586. The van der Waals surface area contributed by atoms with Gasteiger partial charge in [0.05, 0.1) is 22.5 Å². The van der Waals surface area contributed by atoms with Crippen LogP contribution in [0.1, 0.15) is 6.42 Å². The quantitative estimate of drug-likeness (QED) is 0.837. The number of halogens is 2. The van der Waals surface area contributed by atoms with E-state index in [4.69, 9.17) is 23.2 Å². The van der Waals surface area contributed by atoms with E-state index >= 15 is 0 Å². The summed E-state index contributed by atoms with van der Waals surface area (Å²) in [7, 11) is 0. The summed E-state index contributed by atoms with van der Waals surface area (Å²) in [5.41, 5.74) is 1.02. The number of carbonyl (C=O) groups is 2. The summed E-state index contributed by atoms with van der Waals surface area (Å²) in [6, 6.07) is 5.27. The van der Waals surface area contributed by atoms with Crippen LogP contribution in [0.2, 0.25) is 10.0 Å². The van der Waals surface area contributed by atoms with Crippen LogP contribution in [-0.2, 0) is 9.59 Å². The maximum atomic E-state index is 11.7. The summed E-state index contributed by atoms with van der Waals surface area (Å²) < 4.78 is 0. The first kappa shape index (κ1) is 14.6. The van der Waals surface area contributed by atoms with Gasteiger partial charge in [0.25, 0.3) is 0 Å². The smallest absolute Gasteiger partial charge is 0.244 e. The van der Waals surface area contributed by atoms with E-state index in [2.05, 4.69) is 15.1 Å². The maximum Gasteiger partial charge on any atom is 0.244 e. The Kier molecular flexibility index (Phi) is 4.06. The zero-order chi connectivity index (χ0) is 15.0. The van der Waals surface area contributed by atoms with Crippen molar-refractivity contribution >= 4 is 40.7 Å². The van der Waals surface area contributed by atoms with E-state index in [1.807, 2.05) is 12.1 Å². The van der Waals surface area contributed by atoms with Gasteiger partial charge in [0.15, 0.2) is 0 Å². The minimum atomic E-state index is -0.312. The van der Waals surface area contributed by atoms with Crippen molar-refractivity contribution in [1.82, 2.24) is 10.2 Å². The molecule has 1 aromatic carbocycles. The number of nitrogens with one attached hydrogen (secondary N) is 1. The fraction of sp³-hybridized carbons (Fsp3) is 0.429. The summed E-state index contributed by atoms with van der Waals surface area (Å²) in [4.78, 5) is 27.2. The van der Waals surface area contributed by atoms with Crippen LogP contribution in [0.15, 0.2) is 18.2 Å². The van der Waals surface area contributed by atoms with Gasteiger partial charge in [0.2, 0.25) is 11.8 Å². The fourth-order valence-electron chi connectivity index (χ4n) is 2.81. The lowest BCUT2D eigenvalue weighted by Gasteiger charge is -2.38. The van der Waals surface area contributed by atoms with Crippen LogP contribution in [0, 0.1) is 0 Å². The van der Waals surface area contributed by atoms with Crippen molar-refractivity contribution in [3.8, 4) is 0 Å². The summed E-state index contributed by atoms with van der Waals surface area (Å²) in [6.45, 7) is 3.06. The summed E-state index contributed by atoms with van der Waals surface area (Å²) in [5.74, 6) is -0.361. The minimum Gasteiger partial charge on any atom is -0.369 e. The van der Waals surface area contributed by atoms with Crippen molar-refractivity contribution < 1.29 is 9.59 Å². The topological polar surface area (TPSA) is 52.7 Å². The van der Waals surface area contributed by atoms with Crippen LogP contribution < -0.4 is 10.2 Å². The molecule has 1 N–H and O–H groups in total. The predicted molar refractivity (Wildman–Crippen MR) is 81.8 cm³/mol. The average molecular weight is 328 g/mol. The fourth-order valence-corrected chi connectivity index (χ4v) is 3.10. The molecular weight excluding hydrogens is 313 g/mol. The van der Waals surface area contributed by atoms with E-state index in [1.54, 1.807) is 6.07 Å². The normalized spacial score (nSPS) is 23.5. The maximum absolute atomic E-state index is 11.7. The Hall–Kier alpha value is -1.30. The number of nitrogens with zero attached hydrogens (tertiary/aromatic N) is 2. The molecule has 0 aromatic heterocycles. The van der Waals surface area contributed by atoms with Gasteiger partial charge in [-0.2, -0.15) is 0 Å². The zero-order valence-electron chi connectivity index (χ0n) is 11.3. The molecule has 112 valence electrons. The van der Waals surface area contributed by atoms with Gasteiger partial charge in [0.1, 0.15) is 0 Å². The van der Waals surface area contributed by atoms with Gasteiger partial charge in [-0.1, -0.05) is 23.2 Å². The molecule has 21 heavy (non-hydrogen) atoms. The van der Waals surface area contributed by atoms with Gasteiger partial charge in [-0.25, -0.2) is 0 Å². The molecule has 5 nitrogen and oxygen atoms in total. The first-order chi connectivity index (χ1) is 10.0. The highest BCUT2D eigenvalue weighted by Crippen LogP contribution is 2.28. The molecule has 1 atom stereocenters. The van der Waals surface area contributed by atoms with Crippen LogP contribution in [0.4, 0.5) is 5.69 Å². The van der Waals surface area contributed by atoms with E-state index in [1.165, 1.54) is 0 Å². The highest BCUT2D eigenvalue weighted by molar-refractivity contribution is 6.42. The third kappa shape index (κ3) is 3.00. The minimum absolute atomic E-state index is 0.178. The summed E-state index contributed by atoms with van der Waals surface area (Å²) in [6.07, 6.45) is 0.269. The first-order valence-electron chi connectivity index (χ1n) is 6.82. The number of piperazine rings is 1. The molecule has 7 heteroatoms. The molecule has 0 radical (unpaired) electrons. The highest BCUT2D eigenvalue weighted by Gasteiger charge is 2.36. The number of benzene rings is 1. The number of hydrogen-bond donors (Lipinski definition) is 1. The van der Waals surface area contributed by atoms with Crippen LogP contribution in [-0.4, -0.2) is 48.9 Å². The largest absolute Gasteiger partial charge is 0.369 e. The monoisotopic (exact) mass is 327 g/mol. The van der Waals surface area contributed by atoms with E-state index in [9.17, 15) is 9.59 Å². The molecule has 0 unspecified atom stereocenters. The molecule has 0 spiro atoms. The molecule has 2 heterocycles.